The molecule has 41 heavy (non-hydrogen) atoms. The van der Waals surface area contributed by atoms with Crippen molar-refractivity contribution in [2.24, 2.45) is 0 Å². The van der Waals surface area contributed by atoms with E-state index in [-0.39, 0.29) is 36.7 Å². The largest absolute Gasteiger partial charge is 0.492 e. The molecule has 216 valence electrons. The molecule has 3 saturated heterocycles. The molecule has 6 rings (SSSR count). The summed E-state index contributed by atoms with van der Waals surface area (Å²) in [4.78, 5) is 58.7. The fourth-order valence-electron chi connectivity index (χ4n) is 6.64. The van der Waals surface area contributed by atoms with Crippen LogP contribution in [-0.2, 0) is 20.9 Å². The van der Waals surface area contributed by atoms with Crippen molar-refractivity contribution in [1.82, 2.24) is 20.0 Å². The maximum atomic E-state index is 13.5. The molecule has 4 amide bonds. The van der Waals surface area contributed by atoms with E-state index in [4.69, 9.17) is 4.74 Å². The normalized spacial score (nSPS) is 23.1. The number of anilines is 1. The number of hydrogen-bond acceptors (Lipinski definition) is 7. The minimum Gasteiger partial charge on any atom is -0.492 e. The smallest absolute Gasteiger partial charge is 0.255 e. The lowest BCUT2D eigenvalue weighted by atomic mass is 10.0. The van der Waals surface area contributed by atoms with Crippen molar-refractivity contribution < 1.29 is 23.9 Å². The Bertz CT molecular complexity index is 1350. The Kier molecular flexibility index (Phi) is 7.66. The molecule has 10 heteroatoms. The second-order valence-electron chi connectivity index (χ2n) is 11.3. The topological polar surface area (TPSA) is 102 Å². The van der Waals surface area contributed by atoms with Gasteiger partial charge >= 0.3 is 0 Å². The summed E-state index contributed by atoms with van der Waals surface area (Å²) in [6.45, 7) is 7.39. The Morgan fingerprint density at radius 2 is 1.78 bits per heavy atom. The average molecular weight is 560 g/mol. The van der Waals surface area contributed by atoms with Crippen LogP contribution in [0.2, 0.25) is 0 Å². The Hall–Kier alpha value is -3.92. The van der Waals surface area contributed by atoms with Crippen LogP contribution >= 0.6 is 0 Å². The van der Waals surface area contributed by atoms with Gasteiger partial charge in [0.05, 0.1) is 12.6 Å². The van der Waals surface area contributed by atoms with Crippen LogP contribution in [0.5, 0.6) is 5.75 Å². The van der Waals surface area contributed by atoms with Gasteiger partial charge in [-0.3, -0.25) is 29.4 Å². The molecule has 0 spiro atoms. The molecule has 0 aliphatic carbocycles. The second kappa shape index (κ2) is 11.5. The zero-order chi connectivity index (χ0) is 28.5. The van der Waals surface area contributed by atoms with Gasteiger partial charge in [-0.2, -0.15) is 0 Å². The number of nitrogens with zero attached hydrogens (tertiary/aromatic N) is 4. The van der Waals surface area contributed by atoms with E-state index < -0.39 is 11.9 Å². The number of carbonyl (C=O) groups is 4. The molecule has 2 aromatic rings. The monoisotopic (exact) mass is 559 g/mol. The summed E-state index contributed by atoms with van der Waals surface area (Å²) in [6.07, 6.45) is 2.38. The van der Waals surface area contributed by atoms with Gasteiger partial charge in [0.15, 0.2) is 0 Å². The molecule has 4 aliphatic rings. The van der Waals surface area contributed by atoms with E-state index in [2.05, 4.69) is 46.3 Å². The molecule has 10 nitrogen and oxygen atoms in total. The van der Waals surface area contributed by atoms with E-state index in [0.717, 1.165) is 51.1 Å². The molecular weight excluding hydrogens is 522 g/mol. The van der Waals surface area contributed by atoms with E-state index in [1.54, 1.807) is 12.1 Å². The van der Waals surface area contributed by atoms with Crippen LogP contribution in [0.3, 0.4) is 0 Å². The molecule has 0 bridgehead atoms. The number of piperazine rings is 1. The predicted octanol–water partition coefficient (Wildman–Crippen LogP) is 1.95. The third-order valence-corrected chi connectivity index (χ3v) is 8.87. The molecule has 0 radical (unpaired) electrons. The van der Waals surface area contributed by atoms with Gasteiger partial charge in [0.25, 0.3) is 5.91 Å². The number of aryl methyl sites for hydroxylation is 1. The second-order valence-corrected chi connectivity index (χ2v) is 11.3. The average Bonchev–Trinajstić information content (AvgIpc) is 3.58. The molecule has 0 saturated carbocycles. The summed E-state index contributed by atoms with van der Waals surface area (Å²) in [7, 11) is 0. The van der Waals surface area contributed by atoms with E-state index in [1.807, 2.05) is 11.0 Å². The van der Waals surface area contributed by atoms with Gasteiger partial charge in [0, 0.05) is 56.0 Å². The summed E-state index contributed by atoms with van der Waals surface area (Å²) in [6, 6.07) is 13.0. The zero-order valence-corrected chi connectivity index (χ0v) is 23.5. The van der Waals surface area contributed by atoms with Crippen LogP contribution in [0.1, 0.15) is 47.2 Å². The number of amides is 4. The highest BCUT2D eigenvalue weighted by Gasteiger charge is 2.40. The molecule has 4 aliphatic heterocycles. The van der Waals surface area contributed by atoms with Gasteiger partial charge in [-0.15, -0.1) is 0 Å². The Labute approximate surface area is 240 Å². The number of nitrogens with one attached hydrogen (secondary N) is 1. The molecule has 2 unspecified atom stereocenters. The number of benzene rings is 2. The van der Waals surface area contributed by atoms with Crippen LogP contribution in [0.25, 0.3) is 0 Å². The fraction of sp³-hybridized carbons (Fsp3) is 0.484. The molecule has 2 aromatic carbocycles. The lowest BCUT2D eigenvalue weighted by Crippen LogP contribution is -2.54. The van der Waals surface area contributed by atoms with Crippen molar-refractivity contribution in [3.8, 4) is 5.75 Å². The maximum absolute atomic E-state index is 13.5. The van der Waals surface area contributed by atoms with Gasteiger partial charge in [0.1, 0.15) is 18.4 Å². The maximum Gasteiger partial charge on any atom is 0.255 e. The SMILES string of the molecule is Cc1ccccc1N1CCN(C(=O)C2CCCN2CCOc2cccc3c2CN(C2CCC(=O)NC2=O)C3=O)CC1. The highest BCUT2D eigenvalue weighted by atomic mass is 16.5. The van der Waals surface area contributed by atoms with Crippen molar-refractivity contribution in [2.45, 2.75) is 51.2 Å². The van der Waals surface area contributed by atoms with Gasteiger partial charge in [-0.1, -0.05) is 24.3 Å². The standard InChI is InChI=1S/C31H37N5O5/c1-21-6-2-3-8-24(21)34-14-16-35(17-15-34)31(40)26-9-5-13-33(26)18-19-41-27-10-4-7-22-23(27)20-36(30(22)39)25-11-12-28(37)32-29(25)38/h2-4,6-8,10,25-26H,5,9,11-20H2,1H3,(H,32,37,38). The molecule has 1 N–H and O–H groups in total. The third kappa shape index (κ3) is 5.40. The first kappa shape index (κ1) is 27.3. The number of rotatable bonds is 7. The van der Waals surface area contributed by atoms with Crippen molar-refractivity contribution in [2.75, 3.05) is 50.8 Å². The van der Waals surface area contributed by atoms with Crippen LogP contribution in [-0.4, -0.2) is 96.3 Å². The van der Waals surface area contributed by atoms with Crippen molar-refractivity contribution in [3.05, 3.63) is 59.2 Å². The number of para-hydroxylation sites is 1. The molecule has 4 heterocycles. The Balaban J connectivity index is 1.03. The number of piperidine rings is 1. The summed E-state index contributed by atoms with van der Waals surface area (Å²) in [5, 5.41) is 2.34. The first-order valence-electron chi connectivity index (χ1n) is 14.6. The van der Waals surface area contributed by atoms with Crippen molar-refractivity contribution in [3.63, 3.8) is 0 Å². The number of hydrogen-bond donors (Lipinski definition) is 1. The van der Waals surface area contributed by atoms with Crippen LogP contribution in [0, 0.1) is 6.92 Å². The third-order valence-electron chi connectivity index (χ3n) is 8.87. The fourth-order valence-corrected chi connectivity index (χ4v) is 6.64. The number of fused-ring (bicyclic) bond motifs is 1. The minimum atomic E-state index is -0.657. The van der Waals surface area contributed by atoms with E-state index in [9.17, 15) is 19.2 Å². The summed E-state index contributed by atoms with van der Waals surface area (Å²) < 4.78 is 6.18. The Morgan fingerprint density at radius 1 is 0.976 bits per heavy atom. The Morgan fingerprint density at radius 3 is 2.56 bits per heavy atom. The lowest BCUT2D eigenvalue weighted by molar-refractivity contribution is -0.137. The quantitative estimate of drug-likeness (QED) is 0.518. The lowest BCUT2D eigenvalue weighted by Gasteiger charge is -2.38. The highest BCUT2D eigenvalue weighted by molar-refractivity contribution is 6.05. The summed E-state index contributed by atoms with van der Waals surface area (Å²) in [5.74, 6) is -0.111. The first-order valence-corrected chi connectivity index (χ1v) is 14.6. The molecule has 2 atom stereocenters. The number of likely N-dealkylation sites (tertiary alicyclic amines) is 1. The van der Waals surface area contributed by atoms with Crippen molar-refractivity contribution >= 4 is 29.3 Å². The van der Waals surface area contributed by atoms with E-state index in [0.29, 0.717) is 30.9 Å². The molecule has 0 aromatic heterocycles. The molecule has 3 fully saturated rings. The number of imide groups is 1. The summed E-state index contributed by atoms with van der Waals surface area (Å²) in [5.41, 5.74) is 3.80. The summed E-state index contributed by atoms with van der Waals surface area (Å²) >= 11 is 0. The van der Waals surface area contributed by atoms with Crippen LogP contribution < -0.4 is 15.0 Å². The van der Waals surface area contributed by atoms with Gasteiger partial charge in [-0.05, 0) is 56.5 Å². The number of ether oxygens (including phenoxy) is 1. The zero-order valence-electron chi connectivity index (χ0n) is 23.5. The number of carbonyl (C=O) groups excluding carboxylic acids is 4. The van der Waals surface area contributed by atoms with Crippen molar-refractivity contribution in [1.29, 1.82) is 0 Å². The molecular formula is C31H37N5O5. The highest BCUT2D eigenvalue weighted by Crippen LogP contribution is 2.33. The first-order chi connectivity index (χ1) is 19.9. The van der Waals surface area contributed by atoms with E-state index >= 15 is 0 Å². The van der Waals surface area contributed by atoms with E-state index in [1.165, 1.54) is 16.2 Å². The van der Waals surface area contributed by atoms with Gasteiger partial charge in [-0.25, -0.2) is 0 Å². The predicted molar refractivity (Wildman–Crippen MR) is 153 cm³/mol. The van der Waals surface area contributed by atoms with Gasteiger partial charge in [0.2, 0.25) is 17.7 Å². The van der Waals surface area contributed by atoms with Crippen LogP contribution in [0.15, 0.2) is 42.5 Å². The van der Waals surface area contributed by atoms with Crippen LogP contribution in [0.4, 0.5) is 5.69 Å². The van der Waals surface area contributed by atoms with Gasteiger partial charge < -0.3 is 19.4 Å². The minimum absolute atomic E-state index is 0.130.